The van der Waals surface area contributed by atoms with E-state index in [0.717, 1.165) is 42.6 Å². The smallest absolute Gasteiger partial charge is 0.304 e. The highest BCUT2D eigenvalue weighted by Crippen LogP contribution is 2.52. The zero-order chi connectivity index (χ0) is 25.8. The average Bonchev–Trinajstić information content (AvgIpc) is 3.53. The van der Waals surface area contributed by atoms with E-state index >= 15 is 0 Å². The molecule has 2 N–H and O–H groups in total. The zero-order valence-electron chi connectivity index (χ0n) is 21.2. The van der Waals surface area contributed by atoms with Crippen LogP contribution in [0.3, 0.4) is 0 Å². The highest BCUT2D eigenvalue weighted by atomic mass is 16.5. The summed E-state index contributed by atoms with van der Waals surface area (Å²) in [6.07, 6.45) is 5.24. The lowest BCUT2D eigenvalue weighted by Gasteiger charge is -2.35. The van der Waals surface area contributed by atoms with Gasteiger partial charge in [-0.3, -0.25) is 9.59 Å². The Morgan fingerprint density at radius 2 is 2.00 bits per heavy atom. The highest BCUT2D eigenvalue weighted by molar-refractivity contribution is 5.92. The molecule has 1 aromatic carbocycles. The van der Waals surface area contributed by atoms with Crippen LogP contribution < -0.4 is 5.32 Å². The van der Waals surface area contributed by atoms with Crippen molar-refractivity contribution >= 4 is 17.6 Å². The SMILES string of the molecule is Cc1ccc(NC(=O)CC(CC(=O)O)c2noc(C3CC(CC(C)C)C3)c2C2CC2)c(CN=[N+]=[N-])c1. The molecule has 1 heterocycles. The summed E-state index contributed by atoms with van der Waals surface area (Å²) in [6, 6.07) is 5.50. The van der Waals surface area contributed by atoms with Crippen LogP contribution in [0.25, 0.3) is 10.4 Å². The summed E-state index contributed by atoms with van der Waals surface area (Å²) in [5, 5.41) is 20.5. The Morgan fingerprint density at radius 3 is 2.64 bits per heavy atom. The van der Waals surface area contributed by atoms with Crippen molar-refractivity contribution in [2.45, 2.75) is 90.0 Å². The molecule has 192 valence electrons. The third kappa shape index (κ3) is 6.26. The predicted octanol–water partition coefficient (Wildman–Crippen LogP) is 6.80. The molecule has 2 fully saturated rings. The number of anilines is 1. The number of benzene rings is 1. The minimum atomic E-state index is -0.973. The number of carbonyl (C=O) groups excluding carboxylic acids is 1. The van der Waals surface area contributed by atoms with Gasteiger partial charge in [0.05, 0.1) is 18.7 Å². The van der Waals surface area contributed by atoms with Crippen molar-refractivity contribution in [3.63, 3.8) is 0 Å². The Kier molecular flexibility index (Phi) is 7.99. The van der Waals surface area contributed by atoms with E-state index in [1.165, 1.54) is 6.42 Å². The number of hydrogen-bond donors (Lipinski definition) is 2. The fourth-order valence-corrected chi connectivity index (χ4v) is 5.49. The molecule has 2 saturated carbocycles. The van der Waals surface area contributed by atoms with E-state index < -0.39 is 11.9 Å². The average molecular weight is 494 g/mol. The number of carbonyl (C=O) groups is 2. The number of azide groups is 1. The number of aliphatic carboxylic acids is 1. The first-order chi connectivity index (χ1) is 17.2. The number of aryl methyl sites for hydroxylation is 1. The molecule has 9 heteroatoms. The van der Waals surface area contributed by atoms with Gasteiger partial charge in [0.2, 0.25) is 5.91 Å². The molecule has 4 rings (SSSR count). The number of aromatic nitrogens is 1. The lowest BCUT2D eigenvalue weighted by Crippen LogP contribution is -2.24. The van der Waals surface area contributed by atoms with E-state index in [-0.39, 0.29) is 25.3 Å². The van der Waals surface area contributed by atoms with Gasteiger partial charge in [-0.25, -0.2) is 0 Å². The molecule has 0 spiro atoms. The molecule has 0 radical (unpaired) electrons. The molecule has 2 aromatic rings. The normalized spacial score (nSPS) is 19.9. The second-order valence-corrected chi connectivity index (χ2v) is 10.9. The summed E-state index contributed by atoms with van der Waals surface area (Å²) in [6.45, 7) is 6.52. The van der Waals surface area contributed by atoms with Gasteiger partial charge >= 0.3 is 5.97 Å². The topological polar surface area (TPSA) is 141 Å². The van der Waals surface area contributed by atoms with Crippen LogP contribution >= 0.6 is 0 Å². The van der Waals surface area contributed by atoms with Crippen LogP contribution in [-0.2, 0) is 16.1 Å². The van der Waals surface area contributed by atoms with Crippen molar-refractivity contribution in [3.8, 4) is 0 Å². The number of rotatable bonds is 12. The van der Waals surface area contributed by atoms with Gasteiger partial charge in [0, 0.05) is 34.4 Å². The molecule has 0 saturated heterocycles. The third-order valence-corrected chi connectivity index (χ3v) is 7.26. The monoisotopic (exact) mass is 493 g/mol. The van der Waals surface area contributed by atoms with Crippen molar-refractivity contribution in [3.05, 3.63) is 56.8 Å². The Labute approximate surface area is 211 Å². The van der Waals surface area contributed by atoms with E-state index in [0.29, 0.717) is 40.6 Å². The van der Waals surface area contributed by atoms with E-state index in [4.69, 9.17) is 10.1 Å². The third-order valence-electron chi connectivity index (χ3n) is 7.26. The maximum atomic E-state index is 13.1. The fourth-order valence-electron chi connectivity index (χ4n) is 5.49. The Hall–Kier alpha value is -3.32. The van der Waals surface area contributed by atoms with E-state index in [1.807, 2.05) is 19.1 Å². The van der Waals surface area contributed by atoms with Crippen LogP contribution in [0.1, 0.15) is 105 Å². The van der Waals surface area contributed by atoms with Gasteiger partial charge in [0.15, 0.2) is 0 Å². The van der Waals surface area contributed by atoms with Crippen molar-refractivity contribution in [2.24, 2.45) is 17.0 Å². The molecule has 9 nitrogen and oxygen atoms in total. The molecule has 1 unspecified atom stereocenters. The molecule has 2 aliphatic rings. The van der Waals surface area contributed by atoms with Gasteiger partial charge in [0.25, 0.3) is 0 Å². The number of carboxylic acid groups (broad SMARTS) is 1. The summed E-state index contributed by atoms with van der Waals surface area (Å²) in [5.41, 5.74) is 12.6. The number of nitrogens with zero attached hydrogens (tertiary/aromatic N) is 4. The lowest BCUT2D eigenvalue weighted by atomic mass is 9.69. The molecular weight excluding hydrogens is 458 g/mol. The number of hydrogen-bond acceptors (Lipinski definition) is 5. The maximum Gasteiger partial charge on any atom is 0.304 e. The largest absolute Gasteiger partial charge is 0.481 e. The Bertz CT molecular complexity index is 1160. The fraction of sp³-hybridized carbons (Fsp3) is 0.593. The molecule has 1 amide bonds. The number of amides is 1. The van der Waals surface area contributed by atoms with Gasteiger partial charge in [-0.15, -0.1) is 0 Å². The van der Waals surface area contributed by atoms with E-state index in [9.17, 15) is 14.7 Å². The minimum absolute atomic E-state index is 0.0204. The molecule has 36 heavy (non-hydrogen) atoms. The number of carboxylic acids is 1. The van der Waals surface area contributed by atoms with E-state index in [1.54, 1.807) is 6.07 Å². The Morgan fingerprint density at radius 1 is 1.25 bits per heavy atom. The number of nitrogens with one attached hydrogen (secondary N) is 1. The molecule has 1 atom stereocenters. The van der Waals surface area contributed by atoms with Gasteiger partial charge in [-0.1, -0.05) is 41.8 Å². The van der Waals surface area contributed by atoms with Gasteiger partial charge in [-0.05, 0) is 73.9 Å². The zero-order valence-corrected chi connectivity index (χ0v) is 21.2. The lowest BCUT2D eigenvalue weighted by molar-refractivity contribution is -0.137. The molecule has 1 aromatic heterocycles. The summed E-state index contributed by atoms with van der Waals surface area (Å²) in [4.78, 5) is 27.6. The second-order valence-electron chi connectivity index (χ2n) is 10.9. The molecule has 0 bridgehead atoms. The van der Waals surface area contributed by atoms with Crippen LogP contribution in [0.5, 0.6) is 0 Å². The van der Waals surface area contributed by atoms with Crippen LogP contribution in [0, 0.1) is 18.8 Å². The van der Waals surface area contributed by atoms with Crippen molar-refractivity contribution in [1.29, 1.82) is 0 Å². The van der Waals surface area contributed by atoms with Gasteiger partial charge in [-0.2, -0.15) is 0 Å². The highest BCUT2D eigenvalue weighted by Gasteiger charge is 2.42. The van der Waals surface area contributed by atoms with Crippen LogP contribution in [0.15, 0.2) is 27.8 Å². The van der Waals surface area contributed by atoms with Crippen LogP contribution in [0.4, 0.5) is 5.69 Å². The van der Waals surface area contributed by atoms with Gasteiger partial charge < -0.3 is 14.9 Å². The van der Waals surface area contributed by atoms with Crippen molar-refractivity contribution < 1.29 is 19.2 Å². The van der Waals surface area contributed by atoms with Crippen LogP contribution in [0.2, 0.25) is 0 Å². The summed E-state index contributed by atoms with van der Waals surface area (Å²) < 4.78 is 5.87. The second kappa shape index (κ2) is 11.2. The first-order valence-electron chi connectivity index (χ1n) is 12.9. The van der Waals surface area contributed by atoms with Crippen molar-refractivity contribution in [2.75, 3.05) is 5.32 Å². The molecule has 0 aliphatic heterocycles. The minimum Gasteiger partial charge on any atom is -0.481 e. The summed E-state index contributed by atoms with van der Waals surface area (Å²) in [5.74, 6) is 1.11. The first kappa shape index (κ1) is 25.8. The van der Waals surface area contributed by atoms with E-state index in [2.05, 4.69) is 34.3 Å². The summed E-state index contributed by atoms with van der Waals surface area (Å²) in [7, 11) is 0. The standard InChI is InChI=1S/C27H35N5O4/c1-15(2)8-17-10-20(11-17)27-25(18-5-6-18)26(31-36-27)19(13-24(34)35)12-23(33)30-22-7-4-16(3)9-21(22)14-29-32-28/h4,7,9,15,17-20H,5-6,8,10-14H2,1-3H3,(H,30,33)(H,34,35). The Balaban J connectivity index is 1.52. The molecule has 2 aliphatic carbocycles. The van der Waals surface area contributed by atoms with Crippen molar-refractivity contribution in [1.82, 2.24) is 5.16 Å². The van der Waals surface area contributed by atoms with Crippen LogP contribution in [-0.4, -0.2) is 22.1 Å². The predicted molar refractivity (Wildman–Crippen MR) is 136 cm³/mol. The first-order valence-corrected chi connectivity index (χ1v) is 12.9. The quantitative estimate of drug-likeness (QED) is 0.190. The summed E-state index contributed by atoms with van der Waals surface area (Å²) >= 11 is 0. The molecular formula is C27H35N5O4. The van der Waals surface area contributed by atoms with Gasteiger partial charge in [0.1, 0.15) is 5.76 Å². The maximum absolute atomic E-state index is 13.1.